The van der Waals surface area contributed by atoms with Gasteiger partial charge in [-0.3, -0.25) is 9.48 Å². The van der Waals surface area contributed by atoms with E-state index < -0.39 is 0 Å². The average Bonchev–Trinajstić information content (AvgIpc) is 3.08. The summed E-state index contributed by atoms with van der Waals surface area (Å²) in [5.74, 6) is 0.644. The molecule has 1 aromatic heterocycles. The normalized spacial score (nSPS) is 10.7. The highest BCUT2D eigenvalue weighted by Gasteiger charge is 2.19. The third kappa shape index (κ3) is 4.72. The Balaban J connectivity index is 1.56. The first kappa shape index (κ1) is 21.4. The molecule has 0 saturated heterocycles. The van der Waals surface area contributed by atoms with E-state index in [2.05, 4.69) is 34.7 Å². The highest BCUT2D eigenvalue weighted by atomic mass is 16.5. The third-order valence-corrected chi connectivity index (χ3v) is 5.56. The molecule has 5 nitrogen and oxygen atoms in total. The lowest BCUT2D eigenvalue weighted by Gasteiger charge is -2.12. The predicted octanol–water partition coefficient (Wildman–Crippen LogP) is 5.40. The molecule has 0 fully saturated rings. The minimum absolute atomic E-state index is 0.157. The molecule has 1 heterocycles. The standard InChI is InChI=1S/C27H27N3O2/c1-19-26(20(2)30(29-19)18-22-12-8-5-9-13-22)27(31)28-24-14-15-25(32-3)23(17-24)16-21-10-6-4-7-11-21/h4-15,17H,16,18H2,1-3H3,(H,28,31). The predicted molar refractivity (Wildman–Crippen MR) is 127 cm³/mol. The maximum Gasteiger partial charge on any atom is 0.259 e. The van der Waals surface area contributed by atoms with Crippen molar-refractivity contribution in [3.63, 3.8) is 0 Å². The molecule has 162 valence electrons. The number of nitrogens with one attached hydrogen (secondary N) is 1. The molecule has 32 heavy (non-hydrogen) atoms. The molecule has 0 saturated carbocycles. The quantitative estimate of drug-likeness (QED) is 0.431. The van der Waals surface area contributed by atoms with Crippen LogP contribution in [0.3, 0.4) is 0 Å². The molecule has 0 aliphatic heterocycles. The molecule has 0 bridgehead atoms. The molecule has 1 amide bonds. The van der Waals surface area contributed by atoms with E-state index in [0.717, 1.165) is 34.7 Å². The number of nitrogens with zero attached hydrogens (tertiary/aromatic N) is 2. The Morgan fingerprint density at radius 2 is 1.59 bits per heavy atom. The number of aromatic nitrogens is 2. The van der Waals surface area contributed by atoms with Crippen molar-refractivity contribution in [3.05, 3.63) is 113 Å². The van der Waals surface area contributed by atoms with Crippen LogP contribution in [-0.2, 0) is 13.0 Å². The van der Waals surface area contributed by atoms with Gasteiger partial charge in [0.1, 0.15) is 5.75 Å². The maximum atomic E-state index is 13.1. The number of amides is 1. The van der Waals surface area contributed by atoms with Gasteiger partial charge in [0, 0.05) is 23.4 Å². The van der Waals surface area contributed by atoms with E-state index in [1.54, 1.807) is 7.11 Å². The van der Waals surface area contributed by atoms with Crippen molar-refractivity contribution >= 4 is 11.6 Å². The summed E-state index contributed by atoms with van der Waals surface area (Å²) >= 11 is 0. The maximum absolute atomic E-state index is 13.1. The Kier molecular flexibility index (Phi) is 6.36. The first-order valence-electron chi connectivity index (χ1n) is 10.6. The zero-order chi connectivity index (χ0) is 22.5. The largest absolute Gasteiger partial charge is 0.496 e. The fourth-order valence-corrected chi connectivity index (χ4v) is 3.94. The second-order valence-corrected chi connectivity index (χ2v) is 7.83. The number of aryl methyl sites for hydroxylation is 1. The smallest absolute Gasteiger partial charge is 0.259 e. The molecule has 0 atom stereocenters. The summed E-state index contributed by atoms with van der Waals surface area (Å²) in [6.45, 7) is 4.44. The van der Waals surface area contributed by atoms with Gasteiger partial charge in [0.15, 0.2) is 0 Å². The molecule has 0 aliphatic rings. The van der Waals surface area contributed by atoms with Gasteiger partial charge in [-0.25, -0.2) is 0 Å². The first-order valence-corrected chi connectivity index (χ1v) is 10.6. The zero-order valence-corrected chi connectivity index (χ0v) is 18.6. The number of carbonyl (C=O) groups is 1. The molecule has 0 radical (unpaired) electrons. The molecule has 3 aromatic carbocycles. The molecule has 0 aliphatic carbocycles. The lowest BCUT2D eigenvalue weighted by atomic mass is 10.0. The second-order valence-electron chi connectivity index (χ2n) is 7.83. The highest BCUT2D eigenvalue weighted by Crippen LogP contribution is 2.26. The van der Waals surface area contributed by atoms with Crippen LogP contribution in [0, 0.1) is 13.8 Å². The second kappa shape index (κ2) is 9.52. The topological polar surface area (TPSA) is 56.1 Å². The lowest BCUT2D eigenvalue weighted by Crippen LogP contribution is -2.14. The molecule has 0 spiro atoms. The van der Waals surface area contributed by atoms with E-state index in [9.17, 15) is 4.79 Å². The minimum Gasteiger partial charge on any atom is -0.496 e. The van der Waals surface area contributed by atoms with Crippen LogP contribution in [0.1, 0.15) is 38.4 Å². The van der Waals surface area contributed by atoms with Gasteiger partial charge in [0.2, 0.25) is 0 Å². The van der Waals surface area contributed by atoms with Crippen LogP contribution in [0.5, 0.6) is 5.75 Å². The summed E-state index contributed by atoms with van der Waals surface area (Å²) in [5.41, 5.74) is 6.26. The van der Waals surface area contributed by atoms with E-state index in [-0.39, 0.29) is 5.91 Å². The number of rotatable bonds is 7. The monoisotopic (exact) mass is 425 g/mol. The van der Waals surface area contributed by atoms with Crippen molar-refractivity contribution in [1.82, 2.24) is 9.78 Å². The highest BCUT2D eigenvalue weighted by molar-refractivity contribution is 6.06. The molecule has 5 heteroatoms. The van der Waals surface area contributed by atoms with Crippen LogP contribution in [0.25, 0.3) is 0 Å². The van der Waals surface area contributed by atoms with E-state index in [1.807, 2.05) is 73.1 Å². The third-order valence-electron chi connectivity index (χ3n) is 5.56. The SMILES string of the molecule is COc1ccc(NC(=O)c2c(C)nn(Cc3ccccc3)c2C)cc1Cc1ccccc1. The van der Waals surface area contributed by atoms with E-state index in [1.165, 1.54) is 5.56 Å². The molecule has 4 rings (SSSR count). The van der Waals surface area contributed by atoms with Crippen LogP contribution >= 0.6 is 0 Å². The fourth-order valence-electron chi connectivity index (χ4n) is 3.94. The lowest BCUT2D eigenvalue weighted by molar-refractivity contribution is 0.102. The van der Waals surface area contributed by atoms with Crippen LogP contribution in [0.2, 0.25) is 0 Å². The van der Waals surface area contributed by atoms with Gasteiger partial charge >= 0.3 is 0 Å². The number of methoxy groups -OCH3 is 1. The molecule has 0 unspecified atom stereocenters. The number of hydrogen-bond acceptors (Lipinski definition) is 3. The summed E-state index contributed by atoms with van der Waals surface area (Å²) in [5, 5.41) is 7.65. The van der Waals surface area contributed by atoms with Gasteiger partial charge < -0.3 is 10.1 Å². The number of anilines is 1. The zero-order valence-electron chi connectivity index (χ0n) is 18.6. The van der Waals surface area contributed by atoms with Crippen molar-refractivity contribution in [2.75, 3.05) is 12.4 Å². The summed E-state index contributed by atoms with van der Waals surface area (Å²) in [7, 11) is 1.66. The van der Waals surface area contributed by atoms with Crippen molar-refractivity contribution in [3.8, 4) is 5.75 Å². The van der Waals surface area contributed by atoms with Crippen molar-refractivity contribution in [1.29, 1.82) is 0 Å². The van der Waals surface area contributed by atoms with Crippen molar-refractivity contribution in [2.45, 2.75) is 26.8 Å². The number of ether oxygens (including phenoxy) is 1. The van der Waals surface area contributed by atoms with Crippen molar-refractivity contribution < 1.29 is 9.53 Å². The van der Waals surface area contributed by atoms with E-state index in [4.69, 9.17) is 4.74 Å². The van der Waals surface area contributed by atoms with Gasteiger partial charge in [0.25, 0.3) is 5.91 Å². The van der Waals surface area contributed by atoms with Gasteiger partial charge in [-0.2, -0.15) is 5.10 Å². The minimum atomic E-state index is -0.157. The van der Waals surface area contributed by atoms with E-state index >= 15 is 0 Å². The summed E-state index contributed by atoms with van der Waals surface area (Å²) < 4.78 is 7.42. The van der Waals surface area contributed by atoms with Gasteiger partial charge in [-0.1, -0.05) is 60.7 Å². The number of benzene rings is 3. The van der Waals surface area contributed by atoms with E-state index in [0.29, 0.717) is 17.8 Å². The fraction of sp³-hybridized carbons (Fsp3) is 0.185. The first-order chi connectivity index (χ1) is 15.5. The molecular formula is C27H27N3O2. The Hall–Kier alpha value is -3.86. The Labute approximate surface area is 188 Å². The van der Waals surface area contributed by atoms with Gasteiger partial charge in [0.05, 0.1) is 24.9 Å². The van der Waals surface area contributed by atoms with Crippen LogP contribution in [0.4, 0.5) is 5.69 Å². The Morgan fingerprint density at radius 3 is 2.25 bits per heavy atom. The molecule has 1 N–H and O–H groups in total. The summed E-state index contributed by atoms with van der Waals surface area (Å²) in [6.07, 6.45) is 0.723. The van der Waals surface area contributed by atoms with Crippen LogP contribution in [0.15, 0.2) is 78.9 Å². The average molecular weight is 426 g/mol. The molecule has 4 aromatic rings. The van der Waals surface area contributed by atoms with Gasteiger partial charge in [-0.05, 0) is 43.2 Å². The Morgan fingerprint density at radius 1 is 0.938 bits per heavy atom. The van der Waals surface area contributed by atoms with Crippen LogP contribution < -0.4 is 10.1 Å². The molecular weight excluding hydrogens is 398 g/mol. The van der Waals surface area contributed by atoms with Crippen molar-refractivity contribution in [2.24, 2.45) is 0 Å². The number of hydrogen-bond donors (Lipinski definition) is 1. The summed E-state index contributed by atoms with van der Waals surface area (Å²) in [4.78, 5) is 13.1. The van der Waals surface area contributed by atoms with Gasteiger partial charge in [-0.15, -0.1) is 0 Å². The number of carbonyl (C=O) groups excluding carboxylic acids is 1. The van der Waals surface area contributed by atoms with Crippen LogP contribution in [-0.4, -0.2) is 22.8 Å². The Bertz CT molecular complexity index is 1210. The summed E-state index contributed by atoms with van der Waals surface area (Å²) in [6, 6.07) is 26.1.